The topological polar surface area (TPSA) is 73.0 Å². The summed E-state index contributed by atoms with van der Waals surface area (Å²) in [4.78, 5) is 26.9. The van der Waals surface area contributed by atoms with Gasteiger partial charge in [0.2, 0.25) is 0 Å². The molecule has 0 N–H and O–H groups in total. The lowest BCUT2D eigenvalue weighted by molar-refractivity contribution is 0.0702. The molecule has 1 aliphatic rings. The number of carbonyl (C=O) groups excluding carboxylic acids is 1. The first kappa shape index (κ1) is 18.2. The van der Waals surface area contributed by atoms with Crippen LogP contribution >= 0.6 is 0 Å². The Kier molecular flexibility index (Phi) is 5.06. The van der Waals surface area contributed by atoms with Crippen molar-refractivity contribution in [2.24, 2.45) is 7.05 Å². The van der Waals surface area contributed by atoms with E-state index in [1.165, 1.54) is 22.5 Å². The van der Waals surface area contributed by atoms with Crippen LogP contribution < -0.4 is 5.56 Å². The van der Waals surface area contributed by atoms with Crippen molar-refractivity contribution in [2.75, 3.05) is 13.1 Å². The number of carbonyl (C=O) groups is 1. The quantitative estimate of drug-likeness (QED) is 0.698. The van der Waals surface area contributed by atoms with Gasteiger partial charge in [0.25, 0.3) is 11.5 Å². The fraction of sp³-hybridized carbons (Fsp3) is 0.333. The van der Waals surface area contributed by atoms with E-state index in [-0.39, 0.29) is 11.5 Å². The van der Waals surface area contributed by atoms with Crippen molar-refractivity contribution in [3.05, 3.63) is 82.0 Å². The van der Waals surface area contributed by atoms with Crippen molar-refractivity contribution in [1.82, 2.24) is 24.5 Å². The second-order valence-electron chi connectivity index (χ2n) is 7.15. The number of hydrogen-bond donors (Lipinski definition) is 0. The van der Waals surface area contributed by atoms with Crippen LogP contribution in [0.5, 0.6) is 0 Å². The maximum atomic E-state index is 12.9. The molecular weight excluding hydrogens is 354 g/mol. The van der Waals surface area contributed by atoms with Crippen LogP contribution in [0, 0.1) is 0 Å². The number of likely N-dealkylation sites (tertiary alicyclic amines) is 1. The van der Waals surface area contributed by atoms with Crippen molar-refractivity contribution >= 4 is 5.91 Å². The maximum Gasteiger partial charge on any atom is 0.274 e. The highest BCUT2D eigenvalue weighted by atomic mass is 16.2. The van der Waals surface area contributed by atoms with Gasteiger partial charge in [-0.25, -0.2) is 4.68 Å². The van der Waals surface area contributed by atoms with Crippen LogP contribution in [-0.2, 0) is 13.6 Å². The zero-order chi connectivity index (χ0) is 19.5. The van der Waals surface area contributed by atoms with Gasteiger partial charge in [-0.3, -0.25) is 14.3 Å². The fourth-order valence-corrected chi connectivity index (χ4v) is 3.76. The van der Waals surface area contributed by atoms with E-state index in [4.69, 9.17) is 0 Å². The third-order valence-corrected chi connectivity index (χ3v) is 5.32. The Hall–Kier alpha value is -3.22. The molecule has 0 spiro atoms. The number of aromatic nitrogens is 4. The van der Waals surface area contributed by atoms with E-state index in [1.54, 1.807) is 0 Å². The standard InChI is InChI=1S/C21H23N5O2/c1-24-19(9-12-22-24)17-10-13-25(14-11-17)21(28)18-7-8-20(27)26(23-18)15-16-5-3-2-4-6-16/h2-9,12,17H,10-11,13-15H2,1H3. The van der Waals surface area contributed by atoms with Crippen molar-refractivity contribution in [1.29, 1.82) is 0 Å². The predicted molar refractivity (Wildman–Crippen MR) is 105 cm³/mol. The van der Waals surface area contributed by atoms with Crippen LogP contribution in [0.1, 0.15) is 40.5 Å². The first-order valence-corrected chi connectivity index (χ1v) is 9.51. The number of aryl methyl sites for hydroxylation is 1. The van der Waals surface area contributed by atoms with Gasteiger partial charge in [0, 0.05) is 44.0 Å². The number of benzene rings is 1. The summed E-state index contributed by atoms with van der Waals surface area (Å²) in [6, 6.07) is 14.6. The van der Waals surface area contributed by atoms with Gasteiger partial charge in [-0.2, -0.15) is 10.2 Å². The molecule has 0 saturated carbocycles. The summed E-state index contributed by atoms with van der Waals surface area (Å²) in [6.07, 6.45) is 3.61. The molecule has 0 radical (unpaired) electrons. The minimum absolute atomic E-state index is 0.120. The van der Waals surface area contributed by atoms with Crippen LogP contribution in [0.2, 0.25) is 0 Å². The average Bonchev–Trinajstić information content (AvgIpc) is 3.16. The van der Waals surface area contributed by atoms with Gasteiger partial charge in [-0.1, -0.05) is 30.3 Å². The van der Waals surface area contributed by atoms with Crippen molar-refractivity contribution in [2.45, 2.75) is 25.3 Å². The normalized spacial score (nSPS) is 15.0. The molecule has 0 atom stereocenters. The van der Waals surface area contributed by atoms with Crippen LogP contribution in [0.15, 0.2) is 59.5 Å². The monoisotopic (exact) mass is 377 g/mol. The number of nitrogens with zero attached hydrogens (tertiary/aromatic N) is 5. The molecule has 7 heteroatoms. The Labute approximate surface area is 163 Å². The Morgan fingerprint density at radius 2 is 1.82 bits per heavy atom. The Bertz CT molecular complexity index is 1020. The zero-order valence-corrected chi connectivity index (χ0v) is 15.9. The van der Waals surface area contributed by atoms with E-state index in [2.05, 4.69) is 10.2 Å². The maximum absolute atomic E-state index is 12.9. The van der Waals surface area contributed by atoms with Crippen LogP contribution in [0.3, 0.4) is 0 Å². The van der Waals surface area contributed by atoms with Crippen molar-refractivity contribution in [3.8, 4) is 0 Å². The number of amides is 1. The van der Waals surface area contributed by atoms with Gasteiger partial charge in [0.05, 0.1) is 6.54 Å². The molecule has 28 heavy (non-hydrogen) atoms. The molecule has 0 aliphatic carbocycles. The molecule has 144 valence electrons. The summed E-state index contributed by atoms with van der Waals surface area (Å²) in [5, 5.41) is 8.56. The molecule has 3 heterocycles. The first-order chi connectivity index (χ1) is 13.6. The van der Waals surface area contributed by atoms with Crippen LogP contribution in [0.4, 0.5) is 0 Å². The third kappa shape index (κ3) is 3.74. The lowest BCUT2D eigenvalue weighted by Crippen LogP contribution is -2.39. The lowest BCUT2D eigenvalue weighted by Gasteiger charge is -2.31. The number of hydrogen-bond acceptors (Lipinski definition) is 4. The molecule has 7 nitrogen and oxygen atoms in total. The largest absolute Gasteiger partial charge is 0.337 e. The van der Waals surface area contributed by atoms with E-state index >= 15 is 0 Å². The Balaban J connectivity index is 1.46. The highest BCUT2D eigenvalue weighted by Gasteiger charge is 2.26. The van der Waals surface area contributed by atoms with Gasteiger partial charge in [0.15, 0.2) is 0 Å². The summed E-state index contributed by atoms with van der Waals surface area (Å²) in [7, 11) is 1.95. The molecule has 0 bridgehead atoms. The molecular formula is C21H23N5O2. The van der Waals surface area contributed by atoms with Crippen molar-refractivity contribution < 1.29 is 4.79 Å². The van der Waals surface area contributed by atoms with Crippen LogP contribution in [-0.4, -0.2) is 43.5 Å². The summed E-state index contributed by atoms with van der Waals surface area (Å²) < 4.78 is 3.26. The van der Waals surface area contributed by atoms with Gasteiger partial charge in [-0.05, 0) is 30.5 Å². The SMILES string of the molecule is Cn1nccc1C1CCN(C(=O)c2ccc(=O)n(Cc3ccccc3)n2)CC1. The summed E-state index contributed by atoms with van der Waals surface area (Å²) >= 11 is 0. The lowest BCUT2D eigenvalue weighted by atomic mass is 9.93. The minimum atomic E-state index is -0.213. The fourth-order valence-electron chi connectivity index (χ4n) is 3.76. The number of rotatable bonds is 4. The van der Waals surface area contributed by atoms with E-state index in [1.807, 2.05) is 59.2 Å². The molecule has 1 fully saturated rings. The third-order valence-electron chi connectivity index (χ3n) is 5.32. The van der Waals surface area contributed by atoms with Gasteiger partial charge < -0.3 is 4.90 Å². The Morgan fingerprint density at radius 3 is 2.50 bits per heavy atom. The highest BCUT2D eigenvalue weighted by Crippen LogP contribution is 2.27. The van der Waals surface area contributed by atoms with E-state index < -0.39 is 0 Å². The highest BCUT2D eigenvalue weighted by molar-refractivity contribution is 5.92. The number of piperidine rings is 1. The van der Waals surface area contributed by atoms with E-state index in [0.29, 0.717) is 31.2 Å². The van der Waals surface area contributed by atoms with Gasteiger partial charge in [0.1, 0.15) is 5.69 Å². The molecule has 3 aromatic rings. The molecule has 1 saturated heterocycles. The second-order valence-corrected chi connectivity index (χ2v) is 7.15. The van der Waals surface area contributed by atoms with E-state index in [0.717, 1.165) is 18.4 Å². The Morgan fingerprint density at radius 1 is 1.07 bits per heavy atom. The minimum Gasteiger partial charge on any atom is -0.337 e. The summed E-state index contributed by atoms with van der Waals surface area (Å²) in [6.45, 7) is 1.70. The van der Waals surface area contributed by atoms with Gasteiger partial charge in [-0.15, -0.1) is 0 Å². The molecule has 1 aromatic carbocycles. The zero-order valence-electron chi connectivity index (χ0n) is 15.9. The molecule has 4 rings (SSSR count). The van der Waals surface area contributed by atoms with Gasteiger partial charge >= 0.3 is 0 Å². The predicted octanol–water partition coefficient (Wildman–Crippen LogP) is 2.04. The molecule has 0 unspecified atom stereocenters. The smallest absolute Gasteiger partial charge is 0.274 e. The second kappa shape index (κ2) is 7.80. The van der Waals surface area contributed by atoms with Crippen LogP contribution in [0.25, 0.3) is 0 Å². The first-order valence-electron chi connectivity index (χ1n) is 9.51. The van der Waals surface area contributed by atoms with Crippen molar-refractivity contribution in [3.63, 3.8) is 0 Å². The molecule has 1 aliphatic heterocycles. The molecule has 2 aromatic heterocycles. The summed E-state index contributed by atoms with van der Waals surface area (Å²) in [5.74, 6) is 0.293. The average molecular weight is 377 g/mol. The molecule has 1 amide bonds. The summed E-state index contributed by atoms with van der Waals surface area (Å²) in [5.41, 5.74) is 2.28. The van der Waals surface area contributed by atoms with E-state index in [9.17, 15) is 9.59 Å².